The van der Waals surface area contributed by atoms with E-state index in [9.17, 15) is 13.2 Å². The van der Waals surface area contributed by atoms with Crippen molar-refractivity contribution in [2.24, 2.45) is 5.92 Å². The molecule has 1 heterocycles. The average Bonchev–Trinajstić information content (AvgIpc) is 2.78. The molecule has 1 aliphatic heterocycles. The van der Waals surface area contributed by atoms with Gasteiger partial charge in [-0.25, -0.2) is 8.42 Å². The van der Waals surface area contributed by atoms with E-state index in [1.165, 1.54) is 17.1 Å². The summed E-state index contributed by atoms with van der Waals surface area (Å²) in [5.41, 5.74) is 1.07. The number of nitrogens with zero attached hydrogens (tertiary/aromatic N) is 2. The first-order valence-electron chi connectivity index (χ1n) is 11.1. The van der Waals surface area contributed by atoms with Gasteiger partial charge in [-0.3, -0.25) is 9.10 Å². The number of amides is 1. The molecule has 1 amide bonds. The molecule has 1 saturated heterocycles. The largest absolute Gasteiger partial charge is 0.352 e. The highest BCUT2D eigenvalue weighted by Crippen LogP contribution is 2.23. The maximum atomic E-state index is 13.0. The molecule has 0 unspecified atom stereocenters. The summed E-state index contributed by atoms with van der Waals surface area (Å²) in [5.74, 6) is 0.628. The Morgan fingerprint density at radius 2 is 1.84 bits per heavy atom. The van der Waals surface area contributed by atoms with E-state index in [1.54, 1.807) is 61.5 Å². The SMILES string of the molecule is CCN(c1ccc(C(=O)NCCCN2CCC[C@@H](C)C2)cc1)S(=O)(=O)c1ccccc1. The lowest BCUT2D eigenvalue weighted by molar-refractivity contribution is 0.0950. The summed E-state index contributed by atoms with van der Waals surface area (Å²) in [6, 6.07) is 15.1. The third-order valence-corrected chi connectivity index (χ3v) is 7.63. The molecule has 0 radical (unpaired) electrons. The molecule has 0 aromatic heterocycles. The number of carbonyl (C=O) groups is 1. The van der Waals surface area contributed by atoms with Crippen LogP contribution >= 0.6 is 0 Å². The van der Waals surface area contributed by atoms with Crippen LogP contribution in [0.1, 0.15) is 43.5 Å². The molecule has 3 rings (SSSR count). The second-order valence-electron chi connectivity index (χ2n) is 8.19. The highest BCUT2D eigenvalue weighted by atomic mass is 32.2. The van der Waals surface area contributed by atoms with Crippen molar-refractivity contribution in [1.29, 1.82) is 0 Å². The summed E-state index contributed by atoms with van der Waals surface area (Å²) in [6.45, 7) is 8.33. The molecule has 1 fully saturated rings. The summed E-state index contributed by atoms with van der Waals surface area (Å²) in [5, 5.41) is 2.97. The van der Waals surface area contributed by atoms with Gasteiger partial charge in [0.25, 0.3) is 15.9 Å². The Bertz CT molecular complexity index is 946. The third kappa shape index (κ3) is 6.08. The quantitative estimate of drug-likeness (QED) is 0.599. The van der Waals surface area contributed by atoms with E-state index in [0.29, 0.717) is 24.3 Å². The van der Waals surface area contributed by atoms with Crippen molar-refractivity contribution in [2.75, 3.05) is 37.0 Å². The molecule has 0 saturated carbocycles. The molecule has 0 aliphatic carbocycles. The number of anilines is 1. The van der Waals surface area contributed by atoms with Crippen molar-refractivity contribution in [1.82, 2.24) is 10.2 Å². The molecular formula is C24H33N3O3S. The van der Waals surface area contributed by atoms with E-state index in [1.807, 2.05) is 0 Å². The van der Waals surface area contributed by atoms with Crippen LogP contribution in [-0.4, -0.2) is 51.9 Å². The first kappa shape index (κ1) is 23.3. The lowest BCUT2D eigenvalue weighted by atomic mass is 10.0. The lowest BCUT2D eigenvalue weighted by Gasteiger charge is -2.30. The zero-order valence-electron chi connectivity index (χ0n) is 18.5. The summed E-state index contributed by atoms with van der Waals surface area (Å²) in [4.78, 5) is 15.2. The molecule has 2 aromatic rings. The molecule has 0 spiro atoms. The van der Waals surface area contributed by atoms with E-state index in [4.69, 9.17) is 0 Å². The van der Waals surface area contributed by atoms with Crippen LogP contribution in [0.5, 0.6) is 0 Å². The van der Waals surface area contributed by atoms with Gasteiger partial charge in [0.1, 0.15) is 0 Å². The molecule has 2 aromatic carbocycles. The number of nitrogens with one attached hydrogen (secondary N) is 1. The topological polar surface area (TPSA) is 69.7 Å². The Balaban J connectivity index is 1.55. The van der Waals surface area contributed by atoms with Gasteiger partial charge in [0.15, 0.2) is 0 Å². The van der Waals surface area contributed by atoms with Gasteiger partial charge >= 0.3 is 0 Å². The molecule has 1 N–H and O–H groups in total. The molecule has 1 atom stereocenters. The third-order valence-electron chi connectivity index (χ3n) is 5.71. The van der Waals surface area contributed by atoms with E-state index in [0.717, 1.165) is 32.0 Å². The number of hydrogen-bond donors (Lipinski definition) is 1. The van der Waals surface area contributed by atoms with E-state index in [-0.39, 0.29) is 10.8 Å². The Hall–Kier alpha value is -2.38. The average molecular weight is 444 g/mol. The predicted octanol–water partition coefficient (Wildman–Crippen LogP) is 3.75. The first-order chi connectivity index (χ1) is 14.9. The number of likely N-dealkylation sites (tertiary alicyclic amines) is 1. The first-order valence-corrected chi connectivity index (χ1v) is 12.5. The van der Waals surface area contributed by atoms with E-state index < -0.39 is 10.0 Å². The smallest absolute Gasteiger partial charge is 0.264 e. The Morgan fingerprint density at radius 3 is 2.48 bits per heavy atom. The highest BCUT2D eigenvalue weighted by Gasteiger charge is 2.23. The molecule has 168 valence electrons. The van der Waals surface area contributed by atoms with Gasteiger partial charge < -0.3 is 10.2 Å². The molecule has 0 bridgehead atoms. The Labute approximate surface area is 186 Å². The molecule has 7 heteroatoms. The summed E-state index contributed by atoms with van der Waals surface area (Å²) in [6.07, 6.45) is 3.50. The van der Waals surface area contributed by atoms with Gasteiger partial charge in [0.2, 0.25) is 0 Å². The molecule has 6 nitrogen and oxygen atoms in total. The highest BCUT2D eigenvalue weighted by molar-refractivity contribution is 7.92. The van der Waals surface area contributed by atoms with Crippen molar-refractivity contribution in [2.45, 2.75) is 38.0 Å². The summed E-state index contributed by atoms with van der Waals surface area (Å²) < 4.78 is 27.3. The molecular weight excluding hydrogens is 410 g/mol. The second-order valence-corrected chi connectivity index (χ2v) is 10.0. The number of sulfonamides is 1. The van der Waals surface area contributed by atoms with Crippen molar-refractivity contribution in [3.05, 3.63) is 60.2 Å². The van der Waals surface area contributed by atoms with Gasteiger partial charge in [0.05, 0.1) is 10.6 Å². The van der Waals surface area contributed by atoms with Crippen LogP contribution in [0.2, 0.25) is 0 Å². The number of hydrogen-bond acceptors (Lipinski definition) is 4. The van der Waals surface area contributed by atoms with Crippen molar-refractivity contribution in [3.63, 3.8) is 0 Å². The van der Waals surface area contributed by atoms with Crippen LogP contribution in [0.25, 0.3) is 0 Å². The lowest BCUT2D eigenvalue weighted by Crippen LogP contribution is -2.36. The predicted molar refractivity (Wildman–Crippen MR) is 125 cm³/mol. The number of benzene rings is 2. The summed E-state index contributed by atoms with van der Waals surface area (Å²) >= 11 is 0. The van der Waals surface area contributed by atoms with E-state index in [2.05, 4.69) is 17.1 Å². The monoisotopic (exact) mass is 443 g/mol. The van der Waals surface area contributed by atoms with Crippen molar-refractivity contribution < 1.29 is 13.2 Å². The minimum absolute atomic E-state index is 0.132. The standard InChI is InChI=1S/C24H33N3O3S/c1-3-27(31(29,30)23-10-5-4-6-11-23)22-14-12-21(13-15-22)24(28)25-16-8-18-26-17-7-9-20(2)19-26/h4-6,10-15,20H,3,7-9,16-19H2,1-2H3,(H,25,28)/t20-/m1/s1. The van der Waals surface area contributed by atoms with Crippen molar-refractivity contribution >= 4 is 21.6 Å². The van der Waals surface area contributed by atoms with Gasteiger partial charge in [-0.1, -0.05) is 25.1 Å². The minimum atomic E-state index is -3.64. The van der Waals surface area contributed by atoms with Crippen LogP contribution < -0.4 is 9.62 Å². The summed E-state index contributed by atoms with van der Waals surface area (Å²) in [7, 11) is -3.64. The zero-order valence-corrected chi connectivity index (χ0v) is 19.3. The number of rotatable bonds is 9. The van der Waals surface area contributed by atoms with Crippen LogP contribution in [0.15, 0.2) is 59.5 Å². The normalized spacial score (nSPS) is 17.3. The van der Waals surface area contributed by atoms with Crippen LogP contribution in [0.4, 0.5) is 5.69 Å². The van der Waals surface area contributed by atoms with E-state index >= 15 is 0 Å². The fourth-order valence-corrected chi connectivity index (χ4v) is 5.58. The van der Waals surface area contributed by atoms with Gasteiger partial charge in [-0.15, -0.1) is 0 Å². The maximum Gasteiger partial charge on any atom is 0.264 e. The van der Waals surface area contributed by atoms with Crippen LogP contribution in [-0.2, 0) is 10.0 Å². The number of carbonyl (C=O) groups excluding carboxylic acids is 1. The molecule has 1 aliphatic rings. The zero-order chi connectivity index (χ0) is 22.3. The van der Waals surface area contributed by atoms with Gasteiger partial charge in [0, 0.05) is 25.2 Å². The van der Waals surface area contributed by atoms with Crippen LogP contribution in [0, 0.1) is 5.92 Å². The van der Waals surface area contributed by atoms with Gasteiger partial charge in [-0.05, 0) is 81.6 Å². The Kier molecular flexibility index (Phi) is 8.09. The fourth-order valence-electron chi connectivity index (χ4n) is 4.09. The number of piperidine rings is 1. The molecule has 31 heavy (non-hydrogen) atoms. The second kappa shape index (κ2) is 10.8. The minimum Gasteiger partial charge on any atom is -0.352 e. The Morgan fingerprint density at radius 1 is 1.13 bits per heavy atom. The maximum absolute atomic E-state index is 13.0. The van der Waals surface area contributed by atoms with Crippen molar-refractivity contribution in [3.8, 4) is 0 Å². The van der Waals surface area contributed by atoms with Gasteiger partial charge in [-0.2, -0.15) is 0 Å². The van der Waals surface area contributed by atoms with Crippen LogP contribution in [0.3, 0.4) is 0 Å². The fraction of sp³-hybridized carbons (Fsp3) is 0.458.